The molecule has 0 saturated carbocycles. The van der Waals surface area contributed by atoms with Crippen molar-refractivity contribution in [3.05, 3.63) is 64.5 Å². The lowest BCUT2D eigenvalue weighted by Crippen LogP contribution is -2.28. The molecule has 7 heteroatoms. The van der Waals surface area contributed by atoms with Gasteiger partial charge in [-0.2, -0.15) is 0 Å². The molecule has 152 valence electrons. The van der Waals surface area contributed by atoms with Crippen LogP contribution in [0, 0.1) is 12.3 Å². The molecule has 1 atom stereocenters. The van der Waals surface area contributed by atoms with Gasteiger partial charge in [0.05, 0.1) is 6.10 Å². The van der Waals surface area contributed by atoms with E-state index in [4.69, 9.17) is 6.42 Å². The summed E-state index contributed by atoms with van der Waals surface area (Å²) in [5.41, 5.74) is 4.35. The van der Waals surface area contributed by atoms with Crippen LogP contribution in [0.3, 0.4) is 0 Å². The van der Waals surface area contributed by atoms with Gasteiger partial charge < -0.3 is 15.3 Å². The molecular weight excluding hydrogens is 396 g/mol. The van der Waals surface area contributed by atoms with Gasteiger partial charge in [-0.05, 0) is 41.2 Å². The zero-order chi connectivity index (χ0) is 20.9. The van der Waals surface area contributed by atoms with Crippen LogP contribution in [0.15, 0.2) is 53.9 Å². The fourth-order valence-electron chi connectivity index (χ4n) is 3.41. The Balaban J connectivity index is 1.35. The molecule has 1 aliphatic rings. The molecular formula is C23H22N4O2S. The molecule has 1 aliphatic heterocycles. The second-order valence-electron chi connectivity index (χ2n) is 7.13. The highest BCUT2D eigenvalue weighted by atomic mass is 32.1. The molecule has 6 nitrogen and oxygen atoms in total. The van der Waals surface area contributed by atoms with E-state index in [-0.39, 0.29) is 12.1 Å². The summed E-state index contributed by atoms with van der Waals surface area (Å²) >= 11 is 1.31. The Morgan fingerprint density at radius 3 is 2.80 bits per heavy atom. The Labute approximate surface area is 179 Å². The average Bonchev–Trinajstić information content (AvgIpc) is 3.41. The quantitative estimate of drug-likeness (QED) is 0.553. The lowest BCUT2D eigenvalue weighted by Gasteiger charge is -2.18. The lowest BCUT2D eigenvalue weighted by molar-refractivity contribution is 0.198. The minimum atomic E-state index is -0.326. The van der Waals surface area contributed by atoms with Crippen LogP contribution < -0.4 is 15.5 Å². The van der Waals surface area contributed by atoms with Gasteiger partial charge in [-0.1, -0.05) is 36.4 Å². The Kier molecular flexibility index (Phi) is 5.98. The zero-order valence-corrected chi connectivity index (χ0v) is 17.2. The highest BCUT2D eigenvalue weighted by Crippen LogP contribution is 2.27. The molecule has 1 saturated heterocycles. The summed E-state index contributed by atoms with van der Waals surface area (Å²) < 4.78 is 0. The predicted molar refractivity (Wildman–Crippen MR) is 121 cm³/mol. The van der Waals surface area contributed by atoms with Crippen LogP contribution in [0.25, 0.3) is 11.1 Å². The van der Waals surface area contributed by atoms with E-state index < -0.39 is 0 Å². The van der Waals surface area contributed by atoms with Gasteiger partial charge in [0.2, 0.25) is 0 Å². The van der Waals surface area contributed by atoms with Gasteiger partial charge in [0.1, 0.15) is 5.82 Å². The van der Waals surface area contributed by atoms with Crippen molar-refractivity contribution in [3.63, 3.8) is 0 Å². The van der Waals surface area contributed by atoms with Crippen molar-refractivity contribution < 1.29 is 9.90 Å². The first-order valence-electron chi connectivity index (χ1n) is 9.70. The minimum absolute atomic E-state index is 0.243. The Morgan fingerprint density at radius 1 is 1.27 bits per heavy atom. The monoisotopic (exact) mass is 418 g/mol. The van der Waals surface area contributed by atoms with Crippen molar-refractivity contribution in [2.24, 2.45) is 0 Å². The van der Waals surface area contributed by atoms with Crippen LogP contribution in [-0.4, -0.2) is 35.3 Å². The van der Waals surface area contributed by atoms with Gasteiger partial charge in [0.25, 0.3) is 0 Å². The smallest absolute Gasteiger partial charge is 0.320 e. The van der Waals surface area contributed by atoms with E-state index in [0.29, 0.717) is 23.9 Å². The van der Waals surface area contributed by atoms with E-state index in [2.05, 4.69) is 44.6 Å². The number of urea groups is 1. The van der Waals surface area contributed by atoms with Gasteiger partial charge in [-0.3, -0.25) is 5.32 Å². The van der Waals surface area contributed by atoms with E-state index in [0.717, 1.165) is 35.3 Å². The lowest BCUT2D eigenvalue weighted by atomic mass is 10.0. The first-order valence-corrected chi connectivity index (χ1v) is 10.6. The van der Waals surface area contributed by atoms with E-state index in [1.54, 1.807) is 5.38 Å². The van der Waals surface area contributed by atoms with Crippen LogP contribution in [0.4, 0.5) is 16.3 Å². The topological polar surface area (TPSA) is 77.5 Å². The van der Waals surface area contributed by atoms with Crippen LogP contribution in [0.1, 0.15) is 17.0 Å². The van der Waals surface area contributed by atoms with Crippen LogP contribution in [0.5, 0.6) is 0 Å². The van der Waals surface area contributed by atoms with Gasteiger partial charge in [-0.25, -0.2) is 9.78 Å². The molecule has 0 unspecified atom stereocenters. The maximum absolute atomic E-state index is 12.0. The SMILES string of the molecule is C#Cc1nc(NC(=O)NCc2ccc(-c3cccc(N4CC[C@H](O)C4)c3)cc2)cs1. The number of rotatable bonds is 5. The number of thiazole rings is 1. The summed E-state index contributed by atoms with van der Waals surface area (Å²) in [6, 6.07) is 16.1. The molecule has 2 amide bonds. The van der Waals surface area contributed by atoms with Crippen LogP contribution >= 0.6 is 11.3 Å². The third kappa shape index (κ3) is 4.79. The Bertz CT molecular complexity index is 1070. The minimum Gasteiger partial charge on any atom is -0.391 e. The second kappa shape index (κ2) is 8.99. The third-order valence-corrected chi connectivity index (χ3v) is 5.76. The standard InChI is InChI=1S/C23H22N4O2S/c1-2-22-25-21(15-30-22)26-23(29)24-13-16-6-8-17(9-7-16)18-4-3-5-19(12-18)27-11-10-20(28)14-27/h1,3-9,12,15,20,28H,10-11,13-14H2,(H2,24,26,29)/t20-/m0/s1. The number of benzene rings is 2. The zero-order valence-electron chi connectivity index (χ0n) is 16.3. The van der Waals surface area contributed by atoms with E-state index >= 15 is 0 Å². The number of terminal acetylenes is 1. The van der Waals surface area contributed by atoms with Crippen molar-refractivity contribution in [1.29, 1.82) is 0 Å². The van der Waals surface area contributed by atoms with Crippen molar-refractivity contribution in [2.75, 3.05) is 23.3 Å². The predicted octanol–water partition coefficient (Wildman–Crippen LogP) is 3.68. The summed E-state index contributed by atoms with van der Waals surface area (Å²) in [5.74, 6) is 2.89. The normalized spacial score (nSPS) is 15.6. The number of nitrogens with one attached hydrogen (secondary N) is 2. The number of aromatic nitrogens is 1. The number of carbonyl (C=O) groups excluding carboxylic acids is 1. The van der Waals surface area contributed by atoms with Gasteiger partial charge in [0, 0.05) is 30.7 Å². The van der Waals surface area contributed by atoms with Crippen molar-refractivity contribution >= 4 is 28.9 Å². The second-order valence-corrected chi connectivity index (χ2v) is 7.98. The highest BCUT2D eigenvalue weighted by molar-refractivity contribution is 7.10. The number of amides is 2. The maximum Gasteiger partial charge on any atom is 0.320 e. The van der Waals surface area contributed by atoms with Gasteiger partial charge >= 0.3 is 6.03 Å². The van der Waals surface area contributed by atoms with E-state index in [1.807, 2.05) is 30.3 Å². The number of hydrogen-bond donors (Lipinski definition) is 3. The molecule has 0 spiro atoms. The summed E-state index contributed by atoms with van der Waals surface area (Å²) in [5, 5.41) is 17.5. The molecule has 2 heterocycles. The molecule has 1 fully saturated rings. The van der Waals surface area contributed by atoms with Crippen molar-refractivity contribution in [3.8, 4) is 23.5 Å². The number of nitrogens with zero attached hydrogens (tertiary/aromatic N) is 2. The average molecular weight is 419 g/mol. The van der Waals surface area contributed by atoms with Crippen molar-refractivity contribution in [2.45, 2.75) is 19.1 Å². The first kappa shape index (κ1) is 20.0. The number of hydrogen-bond acceptors (Lipinski definition) is 5. The summed E-state index contributed by atoms with van der Waals surface area (Å²) in [7, 11) is 0. The summed E-state index contributed by atoms with van der Waals surface area (Å²) in [6.45, 7) is 1.97. The maximum atomic E-state index is 12.0. The fourth-order valence-corrected chi connectivity index (χ4v) is 3.97. The molecule has 30 heavy (non-hydrogen) atoms. The molecule has 2 aromatic carbocycles. The number of carbonyl (C=O) groups is 1. The number of aliphatic hydroxyl groups is 1. The molecule has 0 radical (unpaired) electrons. The molecule has 4 rings (SSSR count). The van der Waals surface area contributed by atoms with Crippen LogP contribution in [0.2, 0.25) is 0 Å². The van der Waals surface area contributed by atoms with Crippen LogP contribution in [-0.2, 0) is 6.54 Å². The number of anilines is 2. The molecule has 3 N–H and O–H groups in total. The van der Waals surface area contributed by atoms with E-state index in [1.165, 1.54) is 11.3 Å². The van der Waals surface area contributed by atoms with E-state index in [9.17, 15) is 9.90 Å². The highest BCUT2D eigenvalue weighted by Gasteiger charge is 2.20. The Morgan fingerprint density at radius 2 is 2.10 bits per heavy atom. The number of β-amino-alcohol motifs (C(OH)–C–C–N with tert-alkyl or cyclic N) is 1. The van der Waals surface area contributed by atoms with Gasteiger partial charge in [-0.15, -0.1) is 17.8 Å². The summed E-state index contributed by atoms with van der Waals surface area (Å²) in [4.78, 5) is 18.3. The number of aliphatic hydroxyl groups excluding tert-OH is 1. The largest absolute Gasteiger partial charge is 0.391 e. The molecule has 1 aromatic heterocycles. The molecule has 0 bridgehead atoms. The summed E-state index contributed by atoms with van der Waals surface area (Å²) in [6.07, 6.45) is 5.85. The molecule has 3 aromatic rings. The van der Waals surface area contributed by atoms with Gasteiger partial charge in [0.15, 0.2) is 5.01 Å². The fraction of sp³-hybridized carbons (Fsp3) is 0.217. The Hall–Kier alpha value is -3.34. The molecule has 0 aliphatic carbocycles. The third-order valence-electron chi connectivity index (χ3n) is 4.98. The first-order chi connectivity index (χ1) is 14.6. The van der Waals surface area contributed by atoms with Crippen molar-refractivity contribution in [1.82, 2.24) is 10.3 Å².